The molecule has 0 aliphatic carbocycles. The Kier molecular flexibility index (Phi) is 6.58. The van der Waals surface area contributed by atoms with E-state index in [-0.39, 0.29) is 0 Å². The first-order valence-electron chi connectivity index (χ1n) is 5.48. The Bertz CT molecular complexity index is 414. The van der Waals surface area contributed by atoms with E-state index < -0.39 is 0 Å². The van der Waals surface area contributed by atoms with Crippen LogP contribution in [0.2, 0.25) is 0 Å². The molecule has 5 heteroatoms. The van der Waals surface area contributed by atoms with Gasteiger partial charge in [-0.15, -0.1) is 0 Å². The Morgan fingerprint density at radius 2 is 1.11 bits per heavy atom. The third kappa shape index (κ3) is 6.95. The standard InChI is InChI=1S/C5H5N.2C4H6N2/c1-2-4-6-5-3-1;2*1-6-3-2-5-4-6/h1-5H;2*2-4H,1H3. The zero-order valence-electron chi connectivity index (χ0n) is 10.6. The molecule has 0 aliphatic heterocycles. The molecule has 18 heavy (non-hydrogen) atoms. The number of hydrogen-bond acceptors (Lipinski definition) is 3. The Morgan fingerprint density at radius 3 is 1.22 bits per heavy atom. The summed E-state index contributed by atoms with van der Waals surface area (Å²) >= 11 is 0. The number of aromatic nitrogens is 5. The molecule has 0 aromatic carbocycles. The first-order valence-corrected chi connectivity index (χ1v) is 5.48. The number of nitrogens with zero attached hydrogens (tertiary/aromatic N) is 5. The van der Waals surface area contributed by atoms with Crippen molar-refractivity contribution in [1.82, 2.24) is 24.1 Å². The average Bonchev–Trinajstić information content (AvgIpc) is 3.07. The maximum atomic E-state index is 3.78. The van der Waals surface area contributed by atoms with Gasteiger partial charge in [0.15, 0.2) is 0 Å². The topological polar surface area (TPSA) is 48.5 Å². The molecular weight excluding hydrogens is 226 g/mol. The molecule has 0 amide bonds. The summed E-state index contributed by atoms with van der Waals surface area (Å²) in [5.41, 5.74) is 0. The minimum Gasteiger partial charge on any atom is -0.341 e. The normalized spacial score (nSPS) is 8.56. The first-order chi connectivity index (χ1) is 8.79. The third-order valence-electron chi connectivity index (χ3n) is 1.84. The van der Waals surface area contributed by atoms with Crippen molar-refractivity contribution in [3.63, 3.8) is 0 Å². The van der Waals surface area contributed by atoms with Crippen molar-refractivity contribution in [1.29, 1.82) is 0 Å². The monoisotopic (exact) mass is 243 g/mol. The molecule has 0 unspecified atom stereocenters. The lowest BCUT2D eigenvalue weighted by Crippen LogP contribution is -1.76. The van der Waals surface area contributed by atoms with E-state index in [1.807, 2.05) is 53.8 Å². The van der Waals surface area contributed by atoms with Gasteiger partial charge in [0.1, 0.15) is 0 Å². The summed E-state index contributed by atoms with van der Waals surface area (Å²) in [5, 5.41) is 0. The SMILES string of the molecule is Cn1ccnc1.Cn1ccnc1.c1ccncc1. The summed E-state index contributed by atoms with van der Waals surface area (Å²) in [6.07, 6.45) is 14.3. The Morgan fingerprint density at radius 1 is 0.611 bits per heavy atom. The second-order valence-corrected chi connectivity index (χ2v) is 3.48. The Hall–Kier alpha value is -2.43. The highest BCUT2D eigenvalue weighted by molar-refractivity contribution is 4.88. The van der Waals surface area contributed by atoms with Gasteiger partial charge in [-0.05, 0) is 12.1 Å². The fourth-order valence-corrected chi connectivity index (χ4v) is 0.964. The lowest BCUT2D eigenvalue weighted by Gasteiger charge is -1.76. The van der Waals surface area contributed by atoms with Crippen LogP contribution in [-0.4, -0.2) is 24.1 Å². The van der Waals surface area contributed by atoms with Gasteiger partial charge in [-0.3, -0.25) is 4.98 Å². The molecule has 0 atom stereocenters. The minimum absolute atomic E-state index is 1.75. The summed E-state index contributed by atoms with van der Waals surface area (Å²) in [4.78, 5) is 11.4. The summed E-state index contributed by atoms with van der Waals surface area (Å²) < 4.78 is 3.78. The van der Waals surface area contributed by atoms with E-state index in [0.717, 1.165) is 0 Å². The van der Waals surface area contributed by atoms with Crippen LogP contribution in [-0.2, 0) is 14.1 Å². The summed E-state index contributed by atoms with van der Waals surface area (Å²) in [5.74, 6) is 0. The van der Waals surface area contributed by atoms with Crippen LogP contribution in [0.4, 0.5) is 0 Å². The molecule has 3 rings (SSSR count). The van der Waals surface area contributed by atoms with E-state index in [2.05, 4.69) is 15.0 Å². The van der Waals surface area contributed by atoms with E-state index in [9.17, 15) is 0 Å². The fourth-order valence-electron chi connectivity index (χ4n) is 0.964. The number of imidazole rings is 2. The molecule has 0 aliphatic rings. The van der Waals surface area contributed by atoms with Gasteiger partial charge in [-0.2, -0.15) is 0 Å². The Labute approximate surface area is 107 Å². The summed E-state index contributed by atoms with van der Waals surface area (Å²) in [6, 6.07) is 5.72. The van der Waals surface area contributed by atoms with Gasteiger partial charge in [0.05, 0.1) is 12.7 Å². The van der Waals surface area contributed by atoms with Crippen LogP contribution >= 0.6 is 0 Å². The number of pyridine rings is 1. The predicted molar refractivity (Wildman–Crippen MR) is 70.7 cm³/mol. The predicted octanol–water partition coefficient (Wildman–Crippen LogP) is 1.92. The van der Waals surface area contributed by atoms with Crippen molar-refractivity contribution in [3.8, 4) is 0 Å². The zero-order chi connectivity index (χ0) is 13.1. The van der Waals surface area contributed by atoms with Crippen molar-refractivity contribution >= 4 is 0 Å². The van der Waals surface area contributed by atoms with Crippen molar-refractivity contribution in [2.45, 2.75) is 0 Å². The summed E-state index contributed by atoms with van der Waals surface area (Å²) in [7, 11) is 3.88. The molecule has 0 radical (unpaired) electrons. The maximum Gasteiger partial charge on any atom is 0.0943 e. The second-order valence-electron chi connectivity index (χ2n) is 3.48. The lowest BCUT2D eigenvalue weighted by atomic mass is 10.5. The van der Waals surface area contributed by atoms with Crippen LogP contribution in [0, 0.1) is 0 Å². The highest BCUT2D eigenvalue weighted by atomic mass is 15.0. The second kappa shape index (κ2) is 8.69. The van der Waals surface area contributed by atoms with E-state index >= 15 is 0 Å². The van der Waals surface area contributed by atoms with Crippen LogP contribution in [0.15, 0.2) is 68.0 Å². The van der Waals surface area contributed by atoms with Crippen LogP contribution < -0.4 is 0 Å². The van der Waals surface area contributed by atoms with Gasteiger partial charge in [0, 0.05) is 51.3 Å². The number of hydrogen-bond donors (Lipinski definition) is 0. The molecule has 5 nitrogen and oxygen atoms in total. The number of rotatable bonds is 0. The fraction of sp³-hybridized carbons (Fsp3) is 0.154. The van der Waals surface area contributed by atoms with Gasteiger partial charge in [-0.25, -0.2) is 9.97 Å². The molecule has 0 N–H and O–H groups in total. The van der Waals surface area contributed by atoms with Crippen molar-refractivity contribution in [2.75, 3.05) is 0 Å². The molecule has 3 heterocycles. The van der Waals surface area contributed by atoms with Crippen LogP contribution in [0.25, 0.3) is 0 Å². The van der Waals surface area contributed by atoms with Crippen LogP contribution in [0.3, 0.4) is 0 Å². The molecule has 0 spiro atoms. The van der Waals surface area contributed by atoms with Crippen molar-refractivity contribution in [2.24, 2.45) is 14.1 Å². The van der Waals surface area contributed by atoms with Gasteiger partial charge in [-0.1, -0.05) is 6.07 Å². The average molecular weight is 243 g/mol. The van der Waals surface area contributed by atoms with Gasteiger partial charge in [0.2, 0.25) is 0 Å². The summed E-state index contributed by atoms with van der Waals surface area (Å²) in [6.45, 7) is 0. The van der Waals surface area contributed by atoms with Gasteiger partial charge < -0.3 is 9.13 Å². The van der Waals surface area contributed by atoms with Crippen LogP contribution in [0.1, 0.15) is 0 Å². The minimum atomic E-state index is 1.75. The van der Waals surface area contributed by atoms with Crippen molar-refractivity contribution in [3.05, 3.63) is 68.0 Å². The van der Waals surface area contributed by atoms with E-state index in [0.29, 0.717) is 0 Å². The van der Waals surface area contributed by atoms with Gasteiger partial charge in [0.25, 0.3) is 0 Å². The lowest BCUT2D eigenvalue weighted by molar-refractivity contribution is 0.913. The molecular formula is C13H17N5. The molecule has 3 aromatic heterocycles. The molecule has 0 saturated heterocycles. The van der Waals surface area contributed by atoms with Crippen LogP contribution in [0.5, 0.6) is 0 Å². The quantitative estimate of drug-likeness (QED) is 0.606. The maximum absolute atomic E-state index is 3.78. The highest BCUT2D eigenvalue weighted by Gasteiger charge is 1.69. The van der Waals surface area contributed by atoms with Gasteiger partial charge >= 0.3 is 0 Å². The first kappa shape index (κ1) is 13.6. The molecule has 0 fully saturated rings. The van der Waals surface area contributed by atoms with Crippen molar-refractivity contribution < 1.29 is 0 Å². The third-order valence-corrected chi connectivity index (χ3v) is 1.84. The molecule has 94 valence electrons. The smallest absolute Gasteiger partial charge is 0.0943 e. The molecule has 3 aromatic rings. The van der Waals surface area contributed by atoms with E-state index in [1.165, 1.54) is 0 Å². The zero-order valence-corrected chi connectivity index (χ0v) is 10.6. The highest BCUT2D eigenvalue weighted by Crippen LogP contribution is 1.74. The van der Waals surface area contributed by atoms with E-state index in [4.69, 9.17) is 0 Å². The largest absolute Gasteiger partial charge is 0.341 e. The number of aryl methyl sites for hydroxylation is 2. The molecule has 0 bridgehead atoms. The Balaban J connectivity index is 0.000000135. The van der Waals surface area contributed by atoms with E-state index in [1.54, 1.807) is 37.4 Å². The molecule has 0 saturated carbocycles.